The summed E-state index contributed by atoms with van der Waals surface area (Å²) in [6, 6.07) is 13.4. The number of methoxy groups -OCH3 is 1. The maximum atomic E-state index is 12.0. The molecular formula is C20H19NO3. The molecular weight excluding hydrogens is 302 g/mol. The van der Waals surface area contributed by atoms with Crippen molar-refractivity contribution in [2.24, 2.45) is 0 Å². The van der Waals surface area contributed by atoms with E-state index < -0.39 is 10.9 Å². The fraction of sp³-hybridized carbons (Fsp3) is 0.200. The maximum Gasteiger partial charge on any atom is 0.250 e. The second-order valence-corrected chi connectivity index (χ2v) is 5.91. The van der Waals surface area contributed by atoms with E-state index >= 15 is 0 Å². The third kappa shape index (κ3) is 2.83. The Morgan fingerprint density at radius 2 is 1.62 bits per heavy atom. The summed E-state index contributed by atoms with van der Waals surface area (Å²) < 4.78 is 5.13. The fourth-order valence-corrected chi connectivity index (χ4v) is 2.67. The molecule has 3 aromatic carbocycles. The van der Waals surface area contributed by atoms with Gasteiger partial charge in [-0.15, -0.1) is 0 Å². The minimum absolute atomic E-state index is 0.402. The summed E-state index contributed by atoms with van der Waals surface area (Å²) >= 11 is 0. The lowest BCUT2D eigenvalue weighted by atomic mass is 9.95. The van der Waals surface area contributed by atoms with Crippen molar-refractivity contribution in [2.45, 2.75) is 20.4 Å². The van der Waals surface area contributed by atoms with Crippen molar-refractivity contribution in [1.29, 1.82) is 0 Å². The zero-order chi connectivity index (χ0) is 17.3. The van der Waals surface area contributed by atoms with Crippen LogP contribution in [0.3, 0.4) is 0 Å². The van der Waals surface area contributed by atoms with Gasteiger partial charge in [0.1, 0.15) is 5.75 Å². The first-order valence-corrected chi connectivity index (χ1v) is 7.79. The zero-order valence-electron chi connectivity index (χ0n) is 14.0. The summed E-state index contributed by atoms with van der Waals surface area (Å²) in [4.78, 5) is 23.9. The van der Waals surface area contributed by atoms with E-state index in [1.165, 1.54) is 0 Å². The van der Waals surface area contributed by atoms with E-state index in [-0.39, 0.29) is 0 Å². The van der Waals surface area contributed by atoms with Crippen molar-refractivity contribution < 1.29 is 4.74 Å². The van der Waals surface area contributed by atoms with Crippen molar-refractivity contribution in [2.75, 3.05) is 12.4 Å². The van der Waals surface area contributed by atoms with Gasteiger partial charge in [0.05, 0.1) is 18.4 Å². The molecule has 4 heteroatoms. The molecule has 0 heterocycles. The Kier molecular flexibility index (Phi) is 4.21. The standard InChI is InChI=1S/C20H19NO3/c1-12-4-7-15(10-13(12)2)17-18(20(23)19(17)22)21-11-14-5-8-16(24-3)9-6-14/h4-10,21H,11H2,1-3H3. The molecule has 3 aromatic rings. The fourth-order valence-electron chi connectivity index (χ4n) is 2.67. The summed E-state index contributed by atoms with van der Waals surface area (Å²) in [6.07, 6.45) is 0. The number of benzene rings is 2. The van der Waals surface area contributed by atoms with Gasteiger partial charge in [0.15, 0.2) is 0 Å². The van der Waals surface area contributed by atoms with Gasteiger partial charge in [-0.2, -0.15) is 0 Å². The molecule has 3 rings (SSSR count). The van der Waals surface area contributed by atoms with Crippen LogP contribution in [0.15, 0.2) is 52.1 Å². The minimum Gasteiger partial charge on any atom is -0.497 e. The summed E-state index contributed by atoms with van der Waals surface area (Å²) in [5.41, 5.74) is 4.07. The summed E-state index contributed by atoms with van der Waals surface area (Å²) in [5, 5.41) is 3.10. The molecule has 0 bridgehead atoms. The number of aryl methyl sites for hydroxylation is 2. The largest absolute Gasteiger partial charge is 0.497 e. The summed E-state index contributed by atoms with van der Waals surface area (Å²) in [6.45, 7) is 4.49. The van der Waals surface area contributed by atoms with Crippen LogP contribution >= 0.6 is 0 Å². The smallest absolute Gasteiger partial charge is 0.250 e. The van der Waals surface area contributed by atoms with E-state index in [9.17, 15) is 9.59 Å². The average Bonchev–Trinajstić information content (AvgIpc) is 2.61. The SMILES string of the molecule is COc1ccc(CNc2c(-c3ccc(C)c(C)c3)c(=O)c2=O)cc1. The van der Waals surface area contributed by atoms with Gasteiger partial charge >= 0.3 is 0 Å². The van der Waals surface area contributed by atoms with Crippen molar-refractivity contribution in [3.8, 4) is 16.9 Å². The molecule has 0 saturated carbocycles. The number of hydrogen-bond donors (Lipinski definition) is 1. The number of ether oxygens (including phenoxy) is 1. The number of anilines is 1. The van der Waals surface area contributed by atoms with Crippen LogP contribution < -0.4 is 20.9 Å². The van der Waals surface area contributed by atoms with Crippen LogP contribution in [0, 0.1) is 13.8 Å². The average molecular weight is 321 g/mol. The predicted molar refractivity (Wildman–Crippen MR) is 96.6 cm³/mol. The maximum absolute atomic E-state index is 12.0. The highest BCUT2D eigenvalue weighted by molar-refractivity contribution is 5.82. The van der Waals surface area contributed by atoms with Crippen LogP contribution in [-0.4, -0.2) is 7.11 Å². The van der Waals surface area contributed by atoms with Gasteiger partial charge < -0.3 is 10.1 Å². The second kappa shape index (κ2) is 6.32. The predicted octanol–water partition coefficient (Wildman–Crippen LogP) is 3.19. The van der Waals surface area contributed by atoms with Crippen LogP contribution in [0.25, 0.3) is 11.1 Å². The molecule has 0 aliphatic heterocycles. The Balaban J connectivity index is 1.84. The lowest BCUT2D eigenvalue weighted by Crippen LogP contribution is -2.36. The molecule has 0 saturated heterocycles. The minimum atomic E-state index is -0.447. The molecule has 0 aliphatic rings. The lowest BCUT2D eigenvalue weighted by Gasteiger charge is -2.14. The number of rotatable bonds is 5. The van der Waals surface area contributed by atoms with Gasteiger partial charge in [-0.1, -0.05) is 30.3 Å². The molecule has 1 N–H and O–H groups in total. The molecule has 0 atom stereocenters. The van der Waals surface area contributed by atoms with Crippen LogP contribution in [0.1, 0.15) is 16.7 Å². The second-order valence-electron chi connectivity index (χ2n) is 5.91. The summed E-state index contributed by atoms with van der Waals surface area (Å²) in [5.74, 6) is 0.781. The van der Waals surface area contributed by atoms with Gasteiger partial charge in [0.25, 0.3) is 0 Å². The Morgan fingerprint density at radius 3 is 2.25 bits per heavy atom. The quantitative estimate of drug-likeness (QED) is 0.733. The topological polar surface area (TPSA) is 55.4 Å². The van der Waals surface area contributed by atoms with Gasteiger partial charge in [-0.3, -0.25) is 9.59 Å². The first-order chi connectivity index (χ1) is 11.5. The Hall–Kier alpha value is -2.88. The number of nitrogens with one attached hydrogen (secondary N) is 1. The van der Waals surface area contributed by atoms with Crippen molar-refractivity contribution in [3.05, 3.63) is 79.6 Å². The van der Waals surface area contributed by atoms with E-state index in [0.29, 0.717) is 17.8 Å². The monoisotopic (exact) mass is 321 g/mol. The van der Waals surface area contributed by atoms with Crippen molar-refractivity contribution >= 4 is 5.69 Å². The van der Waals surface area contributed by atoms with Crippen LogP contribution in [0.2, 0.25) is 0 Å². The molecule has 0 aliphatic carbocycles. The molecule has 122 valence electrons. The van der Waals surface area contributed by atoms with Gasteiger partial charge in [-0.05, 0) is 48.2 Å². The number of hydrogen-bond acceptors (Lipinski definition) is 4. The van der Waals surface area contributed by atoms with Gasteiger partial charge in [-0.25, -0.2) is 0 Å². The molecule has 0 unspecified atom stereocenters. The molecule has 0 radical (unpaired) electrons. The Bertz CT molecular complexity index is 948. The van der Waals surface area contributed by atoms with Crippen molar-refractivity contribution in [1.82, 2.24) is 0 Å². The molecule has 0 amide bonds. The molecule has 0 fully saturated rings. The lowest BCUT2D eigenvalue weighted by molar-refractivity contribution is 0.414. The van der Waals surface area contributed by atoms with Crippen LogP contribution in [-0.2, 0) is 6.54 Å². The van der Waals surface area contributed by atoms with Crippen molar-refractivity contribution in [3.63, 3.8) is 0 Å². The highest BCUT2D eigenvalue weighted by Crippen LogP contribution is 2.26. The van der Waals surface area contributed by atoms with E-state index in [4.69, 9.17) is 4.74 Å². The first-order valence-electron chi connectivity index (χ1n) is 7.79. The normalized spacial score (nSPS) is 10.8. The highest BCUT2D eigenvalue weighted by Gasteiger charge is 2.22. The van der Waals surface area contributed by atoms with Gasteiger partial charge in [0.2, 0.25) is 10.9 Å². The Morgan fingerprint density at radius 1 is 0.917 bits per heavy atom. The third-order valence-corrected chi connectivity index (χ3v) is 4.33. The van der Waals surface area contributed by atoms with Crippen LogP contribution in [0.5, 0.6) is 5.75 Å². The third-order valence-electron chi connectivity index (χ3n) is 4.33. The van der Waals surface area contributed by atoms with Crippen LogP contribution in [0.4, 0.5) is 5.69 Å². The molecule has 24 heavy (non-hydrogen) atoms. The molecule has 0 spiro atoms. The molecule has 0 aromatic heterocycles. The Labute approximate surface area is 140 Å². The van der Waals surface area contributed by atoms with E-state index in [0.717, 1.165) is 28.0 Å². The van der Waals surface area contributed by atoms with E-state index in [2.05, 4.69) is 5.32 Å². The summed E-state index contributed by atoms with van der Waals surface area (Å²) in [7, 11) is 1.62. The van der Waals surface area contributed by atoms with E-state index in [1.54, 1.807) is 7.11 Å². The zero-order valence-corrected chi connectivity index (χ0v) is 14.0. The molecule has 4 nitrogen and oxygen atoms in total. The first kappa shape index (κ1) is 16.0. The van der Waals surface area contributed by atoms with E-state index in [1.807, 2.05) is 56.3 Å². The van der Waals surface area contributed by atoms with Gasteiger partial charge in [0, 0.05) is 6.54 Å². The highest BCUT2D eigenvalue weighted by atomic mass is 16.5.